The Morgan fingerprint density at radius 3 is 2.44 bits per heavy atom. The smallest absolute Gasteiger partial charge is 0.261 e. The maximum absolute atomic E-state index is 13.4. The lowest BCUT2D eigenvalue weighted by Crippen LogP contribution is -2.22. The summed E-state index contributed by atoms with van der Waals surface area (Å²) in [4.78, 5) is 25.2. The standard InChI is InChI=1S/C24H21FN4O2S/c1-16(30)26-14-21-11-12-22(32-21)24(31)27-13-18-15-29(20-5-3-2-4-6-20)28-23(18)17-7-9-19(25)10-8-17/h2-12,15H,13-14H2,1H3,(H,26,30)(H,27,31). The first-order valence-corrected chi connectivity index (χ1v) is 10.8. The van der Waals surface area contributed by atoms with Crippen LogP contribution in [0.5, 0.6) is 0 Å². The molecule has 2 aromatic carbocycles. The van der Waals surface area contributed by atoms with Gasteiger partial charge in [-0.15, -0.1) is 11.3 Å². The molecular formula is C24H21FN4O2S. The quantitative estimate of drug-likeness (QED) is 0.443. The molecule has 4 aromatic rings. The molecule has 0 aliphatic carbocycles. The highest BCUT2D eigenvalue weighted by Gasteiger charge is 2.15. The van der Waals surface area contributed by atoms with Gasteiger partial charge in [0, 0.05) is 35.7 Å². The number of rotatable bonds is 7. The molecule has 162 valence electrons. The highest BCUT2D eigenvalue weighted by Crippen LogP contribution is 2.24. The third kappa shape index (κ3) is 5.09. The lowest BCUT2D eigenvalue weighted by Gasteiger charge is -2.05. The van der Waals surface area contributed by atoms with E-state index in [4.69, 9.17) is 0 Å². The normalized spacial score (nSPS) is 10.7. The van der Waals surface area contributed by atoms with E-state index in [2.05, 4.69) is 15.7 Å². The van der Waals surface area contributed by atoms with E-state index in [9.17, 15) is 14.0 Å². The van der Waals surface area contributed by atoms with Gasteiger partial charge in [-0.25, -0.2) is 9.07 Å². The summed E-state index contributed by atoms with van der Waals surface area (Å²) >= 11 is 1.33. The van der Waals surface area contributed by atoms with E-state index in [-0.39, 0.29) is 24.2 Å². The minimum absolute atomic E-state index is 0.117. The van der Waals surface area contributed by atoms with Gasteiger partial charge in [0.2, 0.25) is 5.91 Å². The van der Waals surface area contributed by atoms with Crippen molar-refractivity contribution in [1.82, 2.24) is 20.4 Å². The zero-order valence-corrected chi connectivity index (χ0v) is 18.2. The summed E-state index contributed by atoms with van der Waals surface area (Å²) in [6, 6.07) is 19.3. The zero-order valence-electron chi connectivity index (χ0n) is 17.3. The fourth-order valence-electron chi connectivity index (χ4n) is 3.17. The number of halogens is 1. The van der Waals surface area contributed by atoms with Crippen molar-refractivity contribution in [1.29, 1.82) is 0 Å². The van der Waals surface area contributed by atoms with Crippen molar-refractivity contribution in [3.63, 3.8) is 0 Å². The van der Waals surface area contributed by atoms with Crippen LogP contribution in [0.4, 0.5) is 4.39 Å². The van der Waals surface area contributed by atoms with Gasteiger partial charge in [-0.05, 0) is 48.5 Å². The second kappa shape index (κ2) is 9.57. The van der Waals surface area contributed by atoms with Crippen LogP contribution in [0.25, 0.3) is 16.9 Å². The summed E-state index contributed by atoms with van der Waals surface area (Å²) in [5.74, 6) is -0.645. The number of hydrogen-bond donors (Lipinski definition) is 2. The molecule has 2 N–H and O–H groups in total. The lowest BCUT2D eigenvalue weighted by molar-refractivity contribution is -0.119. The van der Waals surface area contributed by atoms with Crippen LogP contribution in [0.15, 0.2) is 72.9 Å². The van der Waals surface area contributed by atoms with E-state index in [0.717, 1.165) is 21.7 Å². The molecule has 0 unspecified atom stereocenters. The first kappa shape index (κ1) is 21.5. The van der Waals surface area contributed by atoms with Crippen molar-refractivity contribution >= 4 is 23.2 Å². The highest BCUT2D eigenvalue weighted by atomic mass is 32.1. The summed E-state index contributed by atoms with van der Waals surface area (Å²) in [6.07, 6.45) is 1.87. The summed E-state index contributed by atoms with van der Waals surface area (Å²) in [6.45, 7) is 2.11. The predicted molar refractivity (Wildman–Crippen MR) is 122 cm³/mol. The minimum Gasteiger partial charge on any atom is -0.351 e. The van der Waals surface area contributed by atoms with Gasteiger partial charge in [-0.1, -0.05) is 18.2 Å². The Labute approximate surface area is 188 Å². The maximum Gasteiger partial charge on any atom is 0.261 e. The number of carbonyl (C=O) groups is 2. The fourth-order valence-corrected chi connectivity index (χ4v) is 4.04. The first-order valence-electron chi connectivity index (χ1n) is 10.0. The molecule has 4 rings (SSSR count). The van der Waals surface area contributed by atoms with Crippen LogP contribution >= 0.6 is 11.3 Å². The molecule has 0 radical (unpaired) electrons. The monoisotopic (exact) mass is 448 g/mol. The largest absolute Gasteiger partial charge is 0.351 e. The summed E-state index contributed by atoms with van der Waals surface area (Å²) in [7, 11) is 0. The van der Waals surface area contributed by atoms with Gasteiger partial charge in [0.05, 0.1) is 22.8 Å². The van der Waals surface area contributed by atoms with Crippen molar-refractivity contribution in [2.75, 3.05) is 0 Å². The van der Waals surface area contributed by atoms with E-state index in [1.54, 1.807) is 22.9 Å². The van der Waals surface area contributed by atoms with Crippen molar-refractivity contribution in [3.05, 3.63) is 94.1 Å². The molecule has 32 heavy (non-hydrogen) atoms. The van der Waals surface area contributed by atoms with Gasteiger partial charge in [0.25, 0.3) is 5.91 Å². The highest BCUT2D eigenvalue weighted by molar-refractivity contribution is 7.14. The van der Waals surface area contributed by atoms with Crippen LogP contribution in [-0.4, -0.2) is 21.6 Å². The number of amides is 2. The van der Waals surface area contributed by atoms with Crippen LogP contribution in [0.2, 0.25) is 0 Å². The summed E-state index contributed by atoms with van der Waals surface area (Å²) < 4.78 is 15.2. The number of carbonyl (C=O) groups excluding carboxylic acids is 2. The average Bonchev–Trinajstić information content (AvgIpc) is 3.45. The Kier molecular flexibility index (Phi) is 6.42. The third-order valence-electron chi connectivity index (χ3n) is 4.76. The average molecular weight is 449 g/mol. The predicted octanol–water partition coefficient (Wildman–Crippen LogP) is 4.31. The van der Waals surface area contributed by atoms with Crippen LogP contribution in [-0.2, 0) is 17.9 Å². The van der Waals surface area contributed by atoms with Crippen LogP contribution < -0.4 is 10.6 Å². The second-order valence-corrected chi connectivity index (χ2v) is 8.32. The molecule has 0 spiro atoms. The van der Waals surface area contributed by atoms with Gasteiger partial charge >= 0.3 is 0 Å². The Balaban J connectivity index is 1.54. The number of thiophene rings is 1. The number of aromatic nitrogens is 2. The molecule has 6 nitrogen and oxygen atoms in total. The SMILES string of the molecule is CC(=O)NCc1ccc(C(=O)NCc2cn(-c3ccccc3)nc2-c2ccc(F)cc2)s1. The minimum atomic E-state index is -0.321. The van der Waals surface area contributed by atoms with Crippen molar-refractivity contribution in [2.45, 2.75) is 20.0 Å². The molecule has 0 aliphatic rings. The Hall–Kier alpha value is -3.78. The van der Waals surface area contributed by atoms with Crippen molar-refractivity contribution in [3.8, 4) is 16.9 Å². The molecule has 2 amide bonds. The summed E-state index contributed by atoms with van der Waals surface area (Å²) in [5.41, 5.74) is 3.13. The molecule has 0 saturated heterocycles. The number of nitrogens with one attached hydrogen (secondary N) is 2. The van der Waals surface area contributed by atoms with E-state index >= 15 is 0 Å². The molecule has 0 aliphatic heterocycles. The molecule has 0 bridgehead atoms. The Morgan fingerprint density at radius 1 is 0.969 bits per heavy atom. The molecule has 8 heteroatoms. The van der Waals surface area contributed by atoms with Crippen LogP contribution in [0.3, 0.4) is 0 Å². The van der Waals surface area contributed by atoms with Gasteiger partial charge in [-0.2, -0.15) is 5.10 Å². The molecule has 0 atom stereocenters. The molecule has 2 aromatic heterocycles. The van der Waals surface area contributed by atoms with E-state index in [1.807, 2.05) is 42.6 Å². The van der Waals surface area contributed by atoms with Gasteiger partial charge in [0.15, 0.2) is 0 Å². The molecular weight excluding hydrogens is 427 g/mol. The van der Waals surface area contributed by atoms with Gasteiger partial charge in [0.1, 0.15) is 5.82 Å². The van der Waals surface area contributed by atoms with Crippen LogP contribution in [0, 0.1) is 5.82 Å². The number of nitrogens with zero attached hydrogens (tertiary/aromatic N) is 2. The van der Waals surface area contributed by atoms with Crippen molar-refractivity contribution < 1.29 is 14.0 Å². The van der Waals surface area contributed by atoms with E-state index < -0.39 is 0 Å². The van der Waals surface area contributed by atoms with E-state index in [0.29, 0.717) is 17.1 Å². The topological polar surface area (TPSA) is 76.0 Å². The van der Waals surface area contributed by atoms with Crippen molar-refractivity contribution in [2.24, 2.45) is 0 Å². The zero-order chi connectivity index (χ0) is 22.5. The molecule has 2 heterocycles. The number of benzene rings is 2. The lowest BCUT2D eigenvalue weighted by atomic mass is 10.1. The molecule has 0 fully saturated rings. The first-order chi connectivity index (χ1) is 15.5. The van der Waals surface area contributed by atoms with Gasteiger partial charge in [-0.3, -0.25) is 9.59 Å². The third-order valence-corrected chi connectivity index (χ3v) is 5.85. The number of para-hydroxylation sites is 1. The molecule has 0 saturated carbocycles. The Bertz CT molecular complexity index is 1230. The van der Waals surface area contributed by atoms with Gasteiger partial charge < -0.3 is 10.6 Å². The fraction of sp³-hybridized carbons (Fsp3) is 0.125. The number of hydrogen-bond acceptors (Lipinski definition) is 4. The maximum atomic E-state index is 13.4. The van der Waals surface area contributed by atoms with E-state index in [1.165, 1.54) is 30.4 Å². The van der Waals surface area contributed by atoms with Crippen LogP contribution in [0.1, 0.15) is 27.0 Å². The Morgan fingerprint density at radius 2 is 1.72 bits per heavy atom. The summed E-state index contributed by atoms with van der Waals surface area (Å²) in [5, 5.41) is 10.3. The second-order valence-electron chi connectivity index (χ2n) is 7.15.